The Kier molecular flexibility index (Phi) is 5.26. The number of anilines is 1. The van der Waals surface area contributed by atoms with Crippen LogP contribution in [-0.2, 0) is 12.7 Å². The molecule has 27 heavy (non-hydrogen) atoms. The van der Waals surface area contributed by atoms with Gasteiger partial charge in [0.15, 0.2) is 0 Å². The van der Waals surface area contributed by atoms with Crippen molar-refractivity contribution in [1.82, 2.24) is 9.78 Å². The third kappa shape index (κ3) is 4.70. The van der Waals surface area contributed by atoms with E-state index < -0.39 is 11.7 Å². The van der Waals surface area contributed by atoms with Crippen molar-refractivity contribution in [2.75, 3.05) is 5.32 Å². The van der Waals surface area contributed by atoms with Gasteiger partial charge in [0.05, 0.1) is 17.8 Å². The molecule has 3 rings (SSSR count). The summed E-state index contributed by atoms with van der Waals surface area (Å²) in [5, 5.41) is 7.83. The highest BCUT2D eigenvalue weighted by Crippen LogP contribution is 2.30. The molecule has 0 saturated heterocycles. The summed E-state index contributed by atoms with van der Waals surface area (Å²) in [5.74, 6) is 0. The maximum Gasteiger partial charge on any atom is 0.416 e. The number of benzene rings is 2. The molecule has 3 aromatic rings. The number of aryl methyl sites for hydroxylation is 2. The fraction of sp³-hybridized carbons (Fsp3) is 0.286. The predicted octanol–water partition coefficient (Wildman–Crippen LogP) is 5.74. The first-order chi connectivity index (χ1) is 12.7. The van der Waals surface area contributed by atoms with E-state index in [-0.39, 0.29) is 6.04 Å². The Bertz CT molecular complexity index is 911. The minimum absolute atomic E-state index is 0.115. The van der Waals surface area contributed by atoms with Crippen LogP contribution >= 0.6 is 0 Å². The van der Waals surface area contributed by atoms with Crippen molar-refractivity contribution >= 4 is 5.69 Å². The van der Waals surface area contributed by atoms with Gasteiger partial charge >= 0.3 is 6.18 Å². The molecule has 1 unspecified atom stereocenters. The van der Waals surface area contributed by atoms with Gasteiger partial charge in [-0.25, -0.2) is 0 Å². The van der Waals surface area contributed by atoms with Crippen molar-refractivity contribution in [1.29, 1.82) is 0 Å². The molecule has 0 radical (unpaired) electrons. The van der Waals surface area contributed by atoms with Crippen LogP contribution in [0.2, 0.25) is 0 Å². The first-order valence-electron chi connectivity index (χ1n) is 8.76. The van der Waals surface area contributed by atoms with E-state index in [2.05, 4.69) is 10.4 Å². The van der Waals surface area contributed by atoms with Crippen LogP contribution in [0.3, 0.4) is 0 Å². The number of alkyl halides is 3. The lowest BCUT2D eigenvalue weighted by Crippen LogP contribution is -2.09. The molecule has 0 aliphatic carbocycles. The van der Waals surface area contributed by atoms with Crippen LogP contribution in [0.5, 0.6) is 0 Å². The normalized spacial score (nSPS) is 12.8. The molecule has 1 aromatic heterocycles. The predicted molar refractivity (Wildman–Crippen MR) is 101 cm³/mol. The van der Waals surface area contributed by atoms with Gasteiger partial charge in [0.1, 0.15) is 0 Å². The molecular formula is C21H22F3N3. The summed E-state index contributed by atoms with van der Waals surface area (Å²) < 4.78 is 40.0. The van der Waals surface area contributed by atoms with Crippen molar-refractivity contribution in [2.24, 2.45) is 0 Å². The smallest absolute Gasteiger partial charge is 0.379 e. The third-order valence-electron chi connectivity index (χ3n) is 4.48. The number of aromatic nitrogens is 2. The molecule has 3 nitrogen and oxygen atoms in total. The SMILES string of the molecule is Cc1cc(C)n(Cc2cccc(NC(C)c3ccc(C(F)(F)F)cc3)c2)n1. The van der Waals surface area contributed by atoms with Crippen LogP contribution in [0.25, 0.3) is 0 Å². The Morgan fingerprint density at radius 1 is 1.04 bits per heavy atom. The molecule has 0 spiro atoms. The summed E-state index contributed by atoms with van der Waals surface area (Å²) in [6, 6.07) is 15.2. The number of nitrogens with one attached hydrogen (secondary N) is 1. The average molecular weight is 373 g/mol. The Hall–Kier alpha value is -2.76. The summed E-state index contributed by atoms with van der Waals surface area (Å²) in [6.07, 6.45) is -4.31. The van der Waals surface area contributed by atoms with Gasteiger partial charge < -0.3 is 5.32 Å². The van der Waals surface area contributed by atoms with Gasteiger partial charge in [-0.1, -0.05) is 24.3 Å². The topological polar surface area (TPSA) is 29.9 Å². The summed E-state index contributed by atoms with van der Waals surface area (Å²) in [7, 11) is 0. The minimum atomic E-state index is -4.31. The van der Waals surface area contributed by atoms with Gasteiger partial charge in [0.25, 0.3) is 0 Å². The molecule has 1 atom stereocenters. The summed E-state index contributed by atoms with van der Waals surface area (Å²) in [4.78, 5) is 0. The Balaban J connectivity index is 1.71. The highest BCUT2D eigenvalue weighted by molar-refractivity contribution is 5.48. The Labute approximate surface area is 156 Å². The number of halogens is 3. The van der Waals surface area contributed by atoms with Gasteiger partial charge in [-0.3, -0.25) is 4.68 Å². The molecule has 1 heterocycles. The quantitative estimate of drug-likeness (QED) is 0.618. The van der Waals surface area contributed by atoms with Crippen LogP contribution in [0.15, 0.2) is 54.6 Å². The third-order valence-corrected chi connectivity index (χ3v) is 4.48. The van der Waals surface area contributed by atoms with Crippen molar-refractivity contribution in [2.45, 2.75) is 39.5 Å². The average Bonchev–Trinajstić information content (AvgIpc) is 2.91. The van der Waals surface area contributed by atoms with E-state index >= 15 is 0 Å². The maximum atomic E-state index is 12.7. The van der Waals surface area contributed by atoms with Crippen LogP contribution < -0.4 is 5.32 Å². The van der Waals surface area contributed by atoms with Crippen molar-refractivity contribution in [3.05, 3.63) is 82.7 Å². The van der Waals surface area contributed by atoms with Crippen LogP contribution in [-0.4, -0.2) is 9.78 Å². The summed E-state index contributed by atoms with van der Waals surface area (Å²) in [6.45, 7) is 6.59. The monoisotopic (exact) mass is 373 g/mol. The van der Waals surface area contributed by atoms with E-state index in [0.29, 0.717) is 6.54 Å². The highest BCUT2D eigenvalue weighted by atomic mass is 19.4. The van der Waals surface area contributed by atoms with Gasteiger partial charge in [-0.2, -0.15) is 18.3 Å². The lowest BCUT2D eigenvalue weighted by Gasteiger charge is -2.17. The van der Waals surface area contributed by atoms with E-state index in [1.165, 1.54) is 12.1 Å². The molecule has 2 aromatic carbocycles. The molecule has 0 amide bonds. The van der Waals surface area contributed by atoms with Gasteiger partial charge in [0.2, 0.25) is 0 Å². The second-order valence-corrected chi connectivity index (χ2v) is 6.77. The lowest BCUT2D eigenvalue weighted by molar-refractivity contribution is -0.137. The zero-order chi connectivity index (χ0) is 19.6. The van der Waals surface area contributed by atoms with Crippen molar-refractivity contribution < 1.29 is 13.2 Å². The van der Waals surface area contributed by atoms with E-state index in [1.807, 2.05) is 55.8 Å². The lowest BCUT2D eigenvalue weighted by atomic mass is 10.1. The van der Waals surface area contributed by atoms with E-state index in [1.54, 1.807) is 0 Å². The zero-order valence-corrected chi connectivity index (χ0v) is 15.5. The molecule has 0 aliphatic heterocycles. The Morgan fingerprint density at radius 2 is 1.74 bits per heavy atom. The molecule has 6 heteroatoms. The first kappa shape index (κ1) is 19.0. The number of hydrogen-bond donors (Lipinski definition) is 1. The molecule has 0 aliphatic rings. The molecule has 1 N–H and O–H groups in total. The number of rotatable bonds is 5. The first-order valence-corrected chi connectivity index (χ1v) is 8.76. The Morgan fingerprint density at radius 3 is 2.33 bits per heavy atom. The fourth-order valence-corrected chi connectivity index (χ4v) is 3.06. The number of nitrogens with zero attached hydrogens (tertiary/aromatic N) is 2. The van der Waals surface area contributed by atoms with E-state index in [0.717, 1.165) is 40.3 Å². The van der Waals surface area contributed by atoms with E-state index in [4.69, 9.17) is 0 Å². The van der Waals surface area contributed by atoms with Crippen molar-refractivity contribution in [3.63, 3.8) is 0 Å². The molecular weight excluding hydrogens is 351 g/mol. The van der Waals surface area contributed by atoms with Gasteiger partial charge in [-0.05, 0) is 62.2 Å². The standard InChI is InChI=1S/C21H22F3N3/c1-14-11-15(2)27(26-14)13-17-5-4-6-20(12-17)25-16(3)18-7-9-19(10-8-18)21(22,23)24/h4-12,16,25H,13H2,1-3H3. The summed E-state index contributed by atoms with van der Waals surface area (Å²) in [5.41, 5.74) is 4.27. The second-order valence-electron chi connectivity index (χ2n) is 6.77. The molecule has 142 valence electrons. The van der Waals surface area contributed by atoms with Crippen molar-refractivity contribution in [3.8, 4) is 0 Å². The zero-order valence-electron chi connectivity index (χ0n) is 15.5. The van der Waals surface area contributed by atoms with Crippen LogP contribution in [0.1, 0.15) is 41.0 Å². The second kappa shape index (κ2) is 7.47. The molecule has 0 bridgehead atoms. The van der Waals surface area contributed by atoms with Gasteiger partial charge in [0, 0.05) is 17.4 Å². The minimum Gasteiger partial charge on any atom is -0.379 e. The van der Waals surface area contributed by atoms with Crippen LogP contribution in [0, 0.1) is 13.8 Å². The largest absolute Gasteiger partial charge is 0.416 e. The molecule has 0 fully saturated rings. The van der Waals surface area contributed by atoms with E-state index in [9.17, 15) is 13.2 Å². The highest BCUT2D eigenvalue weighted by Gasteiger charge is 2.30. The fourth-order valence-electron chi connectivity index (χ4n) is 3.06. The maximum absolute atomic E-state index is 12.7. The van der Waals surface area contributed by atoms with Gasteiger partial charge in [-0.15, -0.1) is 0 Å². The van der Waals surface area contributed by atoms with Crippen LogP contribution in [0.4, 0.5) is 18.9 Å². The number of hydrogen-bond acceptors (Lipinski definition) is 2. The summed E-state index contributed by atoms with van der Waals surface area (Å²) >= 11 is 0. The molecule has 0 saturated carbocycles.